The molecule has 0 unspecified atom stereocenters. The van der Waals surface area contributed by atoms with Gasteiger partial charge >= 0.3 is 5.97 Å². The van der Waals surface area contributed by atoms with Crippen LogP contribution in [0.2, 0.25) is 5.02 Å². The second-order valence-electron chi connectivity index (χ2n) is 3.16. The first-order valence-corrected chi connectivity index (χ1v) is 5.81. The van der Waals surface area contributed by atoms with E-state index >= 15 is 0 Å². The second-order valence-corrected chi connectivity index (χ2v) is 3.92. The smallest absolute Gasteiger partial charge is 0.370 e. The van der Waals surface area contributed by atoms with Crippen LogP contribution in [0.3, 0.4) is 0 Å². The number of esters is 1. The normalized spacial score (nSPS) is 11.0. The summed E-state index contributed by atoms with van der Waals surface area (Å²) < 4.78 is 4.60. The quantitative estimate of drug-likeness (QED) is 0.391. The lowest BCUT2D eigenvalue weighted by Crippen LogP contribution is -2.13. The van der Waals surface area contributed by atoms with Gasteiger partial charge in [-0.1, -0.05) is 23.2 Å². The van der Waals surface area contributed by atoms with Crippen LogP contribution in [0.1, 0.15) is 6.92 Å². The van der Waals surface area contributed by atoms with E-state index in [9.17, 15) is 14.9 Å². The van der Waals surface area contributed by atoms with Crippen molar-refractivity contribution >= 4 is 45.7 Å². The minimum atomic E-state index is -0.807. The SMILES string of the molecule is CCOC(=O)/C(Cl)=N\Nc1cc([N+](=O)[O-])ccc1Cl. The number of hydrogen-bond acceptors (Lipinski definition) is 6. The van der Waals surface area contributed by atoms with Crippen molar-refractivity contribution in [1.82, 2.24) is 0 Å². The first-order valence-electron chi connectivity index (χ1n) is 5.06. The molecule has 0 radical (unpaired) electrons. The highest BCUT2D eigenvalue weighted by atomic mass is 35.5. The molecule has 1 N–H and O–H groups in total. The monoisotopic (exact) mass is 305 g/mol. The van der Waals surface area contributed by atoms with Crippen molar-refractivity contribution in [1.29, 1.82) is 0 Å². The van der Waals surface area contributed by atoms with Crippen molar-refractivity contribution in [2.75, 3.05) is 12.0 Å². The summed E-state index contributed by atoms with van der Waals surface area (Å²) in [6, 6.07) is 3.74. The van der Waals surface area contributed by atoms with Gasteiger partial charge in [-0.05, 0) is 13.0 Å². The Morgan fingerprint density at radius 1 is 1.58 bits per heavy atom. The van der Waals surface area contributed by atoms with Crippen molar-refractivity contribution < 1.29 is 14.5 Å². The molecule has 0 atom stereocenters. The lowest BCUT2D eigenvalue weighted by Gasteiger charge is -2.04. The van der Waals surface area contributed by atoms with Gasteiger partial charge in [0.15, 0.2) is 0 Å². The van der Waals surface area contributed by atoms with Crippen molar-refractivity contribution in [3.05, 3.63) is 33.3 Å². The number of nitrogens with zero attached hydrogens (tertiary/aromatic N) is 2. The molecule has 7 nitrogen and oxygen atoms in total. The van der Waals surface area contributed by atoms with Crippen LogP contribution in [0.4, 0.5) is 11.4 Å². The number of carbonyl (C=O) groups excluding carboxylic acids is 1. The Hall–Kier alpha value is -1.86. The number of carbonyl (C=O) groups is 1. The third-order valence-corrected chi connectivity index (χ3v) is 2.45. The molecular formula is C10H9Cl2N3O4. The minimum absolute atomic E-state index is 0.151. The van der Waals surface area contributed by atoms with Gasteiger partial charge in [0.2, 0.25) is 5.17 Å². The average molecular weight is 306 g/mol. The summed E-state index contributed by atoms with van der Waals surface area (Å²) in [7, 11) is 0. The second kappa shape index (κ2) is 6.91. The van der Waals surface area contributed by atoms with Crippen LogP contribution in [0.15, 0.2) is 23.3 Å². The Bertz CT molecular complexity index is 534. The van der Waals surface area contributed by atoms with Crippen molar-refractivity contribution in [2.45, 2.75) is 6.92 Å². The maximum absolute atomic E-state index is 11.2. The highest BCUT2D eigenvalue weighted by Gasteiger charge is 2.12. The van der Waals surface area contributed by atoms with E-state index in [-0.39, 0.29) is 23.0 Å². The molecule has 1 rings (SSSR count). The fraction of sp³-hybridized carbons (Fsp3) is 0.200. The number of nitro benzene ring substituents is 1. The van der Waals surface area contributed by atoms with Gasteiger partial charge in [-0.3, -0.25) is 15.5 Å². The number of hydrogen-bond donors (Lipinski definition) is 1. The van der Waals surface area contributed by atoms with Crippen LogP contribution in [0.5, 0.6) is 0 Å². The molecule has 0 spiro atoms. The maximum atomic E-state index is 11.2. The third kappa shape index (κ3) is 4.38. The predicted molar refractivity (Wildman–Crippen MR) is 71.7 cm³/mol. The Morgan fingerprint density at radius 2 is 2.26 bits per heavy atom. The zero-order chi connectivity index (χ0) is 14.4. The topological polar surface area (TPSA) is 93.8 Å². The number of nitrogens with one attached hydrogen (secondary N) is 1. The van der Waals surface area contributed by atoms with Crippen LogP contribution >= 0.6 is 23.2 Å². The van der Waals surface area contributed by atoms with E-state index in [0.717, 1.165) is 0 Å². The van der Waals surface area contributed by atoms with Gasteiger partial charge in [-0.2, -0.15) is 5.10 Å². The lowest BCUT2D eigenvalue weighted by molar-refractivity contribution is -0.384. The predicted octanol–water partition coefficient (Wildman–Crippen LogP) is 2.78. The summed E-state index contributed by atoms with van der Waals surface area (Å²) in [4.78, 5) is 21.2. The van der Waals surface area contributed by atoms with E-state index in [1.54, 1.807) is 6.92 Å². The summed E-state index contributed by atoms with van der Waals surface area (Å²) in [6.07, 6.45) is 0. The molecule has 0 aliphatic carbocycles. The lowest BCUT2D eigenvalue weighted by atomic mass is 10.3. The number of benzene rings is 1. The van der Waals surface area contributed by atoms with Gasteiger partial charge < -0.3 is 4.74 Å². The highest BCUT2D eigenvalue weighted by Crippen LogP contribution is 2.26. The van der Waals surface area contributed by atoms with Crippen LogP contribution in [0, 0.1) is 10.1 Å². The molecule has 9 heteroatoms. The van der Waals surface area contributed by atoms with Crippen LogP contribution in [0.25, 0.3) is 0 Å². The van der Waals surface area contributed by atoms with Crippen molar-refractivity contribution in [2.24, 2.45) is 5.10 Å². The molecule has 0 bridgehead atoms. The van der Waals surface area contributed by atoms with Gasteiger partial charge in [0, 0.05) is 12.1 Å². The van der Waals surface area contributed by atoms with E-state index in [1.807, 2.05) is 0 Å². The van der Waals surface area contributed by atoms with E-state index in [4.69, 9.17) is 23.2 Å². The van der Waals surface area contributed by atoms with Crippen LogP contribution in [-0.2, 0) is 9.53 Å². The molecule has 0 saturated heterocycles. The van der Waals surface area contributed by atoms with Gasteiger partial charge in [0.1, 0.15) is 0 Å². The molecule has 102 valence electrons. The largest absolute Gasteiger partial charge is 0.461 e. The Balaban J connectivity index is 2.87. The highest BCUT2D eigenvalue weighted by molar-refractivity contribution is 6.82. The van der Waals surface area contributed by atoms with Crippen molar-refractivity contribution in [3.63, 3.8) is 0 Å². The zero-order valence-electron chi connectivity index (χ0n) is 9.72. The Labute approximate surface area is 118 Å². The number of rotatable bonds is 5. The molecule has 0 aliphatic heterocycles. The Kier molecular flexibility index (Phi) is 5.53. The van der Waals surface area contributed by atoms with Crippen LogP contribution in [-0.4, -0.2) is 22.7 Å². The molecule has 19 heavy (non-hydrogen) atoms. The van der Waals surface area contributed by atoms with Gasteiger partial charge in [-0.15, -0.1) is 0 Å². The summed E-state index contributed by atoms with van der Waals surface area (Å²) in [5.74, 6) is -0.807. The molecule has 0 fully saturated rings. The molecule has 0 aromatic heterocycles. The zero-order valence-corrected chi connectivity index (χ0v) is 11.2. The summed E-state index contributed by atoms with van der Waals surface area (Å²) in [5, 5.41) is 13.9. The third-order valence-electron chi connectivity index (χ3n) is 1.88. The van der Waals surface area contributed by atoms with Crippen LogP contribution < -0.4 is 5.43 Å². The standard InChI is InChI=1S/C10H9Cl2N3O4/c1-2-19-10(16)9(12)14-13-8-5-6(15(17)18)3-4-7(8)11/h3-5,13H,2H2,1H3/b14-9+. The van der Waals surface area contributed by atoms with Gasteiger partial charge in [-0.25, -0.2) is 4.79 Å². The number of anilines is 1. The first kappa shape index (κ1) is 15.2. The summed E-state index contributed by atoms with van der Waals surface area (Å²) in [6.45, 7) is 1.77. The molecule has 0 saturated carbocycles. The van der Waals surface area contributed by atoms with E-state index in [2.05, 4.69) is 15.3 Å². The number of ether oxygens (including phenoxy) is 1. The summed E-state index contributed by atoms with van der Waals surface area (Å²) >= 11 is 11.4. The molecule has 0 heterocycles. The Morgan fingerprint density at radius 3 is 2.84 bits per heavy atom. The maximum Gasteiger partial charge on any atom is 0.370 e. The van der Waals surface area contributed by atoms with E-state index < -0.39 is 16.1 Å². The van der Waals surface area contributed by atoms with E-state index in [1.165, 1.54) is 18.2 Å². The summed E-state index contributed by atoms with van der Waals surface area (Å²) in [5.41, 5.74) is 2.35. The fourth-order valence-corrected chi connectivity index (χ4v) is 1.31. The number of non-ortho nitro benzene ring substituents is 1. The number of halogens is 2. The average Bonchev–Trinajstić information content (AvgIpc) is 2.37. The molecule has 1 aromatic carbocycles. The van der Waals surface area contributed by atoms with Gasteiger partial charge in [0.25, 0.3) is 5.69 Å². The number of nitro groups is 1. The van der Waals surface area contributed by atoms with E-state index in [0.29, 0.717) is 0 Å². The fourth-order valence-electron chi connectivity index (χ4n) is 1.06. The molecule has 0 amide bonds. The van der Waals surface area contributed by atoms with Crippen molar-refractivity contribution in [3.8, 4) is 0 Å². The minimum Gasteiger partial charge on any atom is -0.461 e. The molecule has 1 aromatic rings. The van der Waals surface area contributed by atoms with Gasteiger partial charge in [0.05, 0.1) is 22.2 Å². The molecule has 0 aliphatic rings. The number of hydrazone groups is 1. The first-order chi connectivity index (χ1) is 8.95. The molecular weight excluding hydrogens is 297 g/mol.